The van der Waals surface area contributed by atoms with E-state index in [-0.39, 0.29) is 10.9 Å². The van der Waals surface area contributed by atoms with Crippen LogP contribution in [0.2, 0.25) is 0 Å². The zero-order valence-electron chi connectivity index (χ0n) is 13.6. The summed E-state index contributed by atoms with van der Waals surface area (Å²) in [6.07, 6.45) is 0. The van der Waals surface area contributed by atoms with Gasteiger partial charge >= 0.3 is 0 Å². The number of sulfonamides is 1. The second-order valence-corrected chi connectivity index (χ2v) is 7.81. The van der Waals surface area contributed by atoms with Crippen molar-refractivity contribution in [1.82, 2.24) is 5.32 Å². The van der Waals surface area contributed by atoms with E-state index in [9.17, 15) is 8.42 Å². The maximum Gasteiger partial charge on any atom is 0.238 e. The monoisotopic (exact) mass is 370 g/mol. The Morgan fingerprint density at radius 1 is 1.00 bits per heavy atom. The van der Waals surface area contributed by atoms with Crippen molar-refractivity contribution in [3.05, 3.63) is 77.9 Å². The fraction of sp³-hybridized carbons (Fsp3) is 0.105. The van der Waals surface area contributed by atoms with Gasteiger partial charge in [0.1, 0.15) is 4.99 Å². The van der Waals surface area contributed by atoms with Crippen LogP contribution in [0.1, 0.15) is 24.1 Å². The Kier molecular flexibility index (Phi) is 4.85. The maximum absolute atomic E-state index is 11.3. The lowest BCUT2D eigenvalue weighted by molar-refractivity contribution is 0.597. The number of hydrogen-bond acceptors (Lipinski definition) is 3. The first kappa shape index (κ1) is 17.5. The third-order valence-electron chi connectivity index (χ3n) is 4.09. The van der Waals surface area contributed by atoms with Crippen LogP contribution in [0.4, 0.5) is 0 Å². The molecule has 3 aromatic carbocycles. The molecule has 0 aromatic heterocycles. The van der Waals surface area contributed by atoms with Crippen molar-refractivity contribution in [2.24, 2.45) is 5.14 Å². The van der Waals surface area contributed by atoms with Crippen molar-refractivity contribution in [3.8, 4) is 0 Å². The van der Waals surface area contributed by atoms with Gasteiger partial charge in [-0.2, -0.15) is 0 Å². The summed E-state index contributed by atoms with van der Waals surface area (Å²) >= 11 is 5.58. The normalized spacial score (nSPS) is 12.7. The summed E-state index contributed by atoms with van der Waals surface area (Å²) in [6, 6.07) is 20.5. The zero-order valence-corrected chi connectivity index (χ0v) is 15.3. The predicted octanol–water partition coefficient (Wildman–Crippen LogP) is 3.51. The number of benzene rings is 3. The molecule has 0 amide bonds. The van der Waals surface area contributed by atoms with Crippen LogP contribution in [0.25, 0.3) is 10.8 Å². The Balaban J connectivity index is 1.82. The first-order valence-corrected chi connectivity index (χ1v) is 9.73. The summed E-state index contributed by atoms with van der Waals surface area (Å²) in [4.78, 5) is 0.750. The standard InChI is InChI=1S/C19H18N2O2S2/c1-13(14-9-11-16(12-10-14)25(20,22)23)21-19(24)18-8-4-6-15-5-2-3-7-17(15)18/h2-13H,1H3,(H,21,24)(H2,20,22,23)/t13-/m0/s1. The van der Waals surface area contributed by atoms with Gasteiger partial charge in [0.2, 0.25) is 10.0 Å². The van der Waals surface area contributed by atoms with E-state index in [1.54, 1.807) is 12.1 Å². The quantitative estimate of drug-likeness (QED) is 0.690. The second-order valence-electron chi connectivity index (χ2n) is 5.84. The predicted molar refractivity (Wildman–Crippen MR) is 105 cm³/mol. The highest BCUT2D eigenvalue weighted by Gasteiger charge is 2.12. The van der Waals surface area contributed by atoms with E-state index in [2.05, 4.69) is 17.4 Å². The van der Waals surface area contributed by atoms with Gasteiger partial charge in [-0.25, -0.2) is 13.6 Å². The summed E-state index contributed by atoms with van der Waals surface area (Å²) in [5, 5.41) is 10.7. The molecule has 0 aliphatic rings. The Morgan fingerprint density at radius 3 is 2.32 bits per heavy atom. The average Bonchev–Trinajstić information content (AvgIpc) is 2.60. The van der Waals surface area contributed by atoms with E-state index in [0.29, 0.717) is 4.99 Å². The van der Waals surface area contributed by atoms with Gasteiger partial charge in [0, 0.05) is 11.6 Å². The third kappa shape index (κ3) is 3.87. The molecule has 0 fully saturated rings. The van der Waals surface area contributed by atoms with E-state index in [0.717, 1.165) is 21.9 Å². The van der Waals surface area contributed by atoms with Crippen molar-refractivity contribution >= 4 is 38.0 Å². The second kappa shape index (κ2) is 6.92. The Morgan fingerprint density at radius 2 is 1.64 bits per heavy atom. The first-order valence-electron chi connectivity index (χ1n) is 7.77. The molecule has 0 saturated heterocycles. The van der Waals surface area contributed by atoms with Crippen molar-refractivity contribution in [1.29, 1.82) is 0 Å². The van der Waals surface area contributed by atoms with Crippen LogP contribution in [0.15, 0.2) is 71.6 Å². The number of nitrogens with one attached hydrogen (secondary N) is 1. The number of fused-ring (bicyclic) bond motifs is 1. The summed E-state index contributed by atoms with van der Waals surface area (Å²) in [7, 11) is -3.68. The van der Waals surface area contributed by atoms with E-state index >= 15 is 0 Å². The van der Waals surface area contributed by atoms with Gasteiger partial charge in [0.15, 0.2) is 0 Å². The molecule has 0 spiro atoms. The molecule has 3 rings (SSSR count). The Hall–Kier alpha value is -2.28. The molecule has 3 aromatic rings. The number of primary sulfonamides is 1. The molecule has 6 heteroatoms. The van der Waals surface area contributed by atoms with E-state index in [1.165, 1.54) is 12.1 Å². The largest absolute Gasteiger partial charge is 0.369 e. The van der Waals surface area contributed by atoms with Crippen LogP contribution in [0.5, 0.6) is 0 Å². The molecule has 0 aliphatic carbocycles. The van der Waals surface area contributed by atoms with Crippen LogP contribution in [-0.2, 0) is 10.0 Å². The van der Waals surface area contributed by atoms with Gasteiger partial charge < -0.3 is 5.32 Å². The van der Waals surface area contributed by atoms with Crippen LogP contribution in [0, 0.1) is 0 Å². The van der Waals surface area contributed by atoms with Crippen molar-refractivity contribution in [2.45, 2.75) is 17.9 Å². The lowest BCUT2D eigenvalue weighted by atomic mass is 10.0. The van der Waals surface area contributed by atoms with E-state index < -0.39 is 10.0 Å². The fourth-order valence-corrected chi connectivity index (χ4v) is 3.60. The van der Waals surface area contributed by atoms with Crippen LogP contribution in [0.3, 0.4) is 0 Å². The minimum atomic E-state index is -3.68. The topological polar surface area (TPSA) is 72.2 Å². The minimum Gasteiger partial charge on any atom is -0.369 e. The molecule has 0 radical (unpaired) electrons. The van der Waals surface area contributed by atoms with Gasteiger partial charge in [-0.15, -0.1) is 0 Å². The smallest absolute Gasteiger partial charge is 0.238 e. The molecule has 0 unspecified atom stereocenters. The molecule has 128 valence electrons. The SMILES string of the molecule is C[C@H](NC(=S)c1cccc2ccccc12)c1ccc(S(N)(=O)=O)cc1. The lowest BCUT2D eigenvalue weighted by Crippen LogP contribution is -2.26. The van der Waals surface area contributed by atoms with Gasteiger partial charge in [0.25, 0.3) is 0 Å². The van der Waals surface area contributed by atoms with Crippen LogP contribution in [-0.4, -0.2) is 13.4 Å². The third-order valence-corrected chi connectivity index (χ3v) is 5.36. The summed E-state index contributed by atoms with van der Waals surface area (Å²) < 4.78 is 22.7. The molecule has 0 saturated carbocycles. The van der Waals surface area contributed by atoms with E-state index in [1.807, 2.05) is 37.3 Å². The Bertz CT molecular complexity index is 1020. The van der Waals surface area contributed by atoms with Gasteiger partial charge in [-0.05, 0) is 35.4 Å². The zero-order chi connectivity index (χ0) is 18.0. The highest BCUT2D eigenvalue weighted by Crippen LogP contribution is 2.21. The van der Waals surface area contributed by atoms with Crippen molar-refractivity contribution in [3.63, 3.8) is 0 Å². The molecule has 1 atom stereocenters. The number of thiocarbonyl (C=S) groups is 1. The average molecular weight is 370 g/mol. The van der Waals surface area contributed by atoms with Crippen LogP contribution < -0.4 is 10.5 Å². The molecule has 3 N–H and O–H groups in total. The summed E-state index contributed by atoms with van der Waals surface area (Å²) in [5.41, 5.74) is 1.90. The lowest BCUT2D eigenvalue weighted by Gasteiger charge is -2.18. The highest BCUT2D eigenvalue weighted by atomic mass is 32.2. The molecular weight excluding hydrogens is 352 g/mol. The number of hydrogen-bond donors (Lipinski definition) is 2. The van der Waals surface area contributed by atoms with Gasteiger partial charge in [-0.3, -0.25) is 0 Å². The Labute approximate surface area is 152 Å². The van der Waals surface area contributed by atoms with E-state index in [4.69, 9.17) is 17.4 Å². The molecular formula is C19H18N2O2S2. The number of nitrogens with two attached hydrogens (primary N) is 1. The van der Waals surface area contributed by atoms with Gasteiger partial charge in [-0.1, -0.05) is 66.8 Å². The van der Waals surface area contributed by atoms with Crippen molar-refractivity contribution in [2.75, 3.05) is 0 Å². The summed E-state index contributed by atoms with van der Waals surface area (Å²) in [6.45, 7) is 1.98. The fourth-order valence-electron chi connectivity index (χ4n) is 2.73. The van der Waals surface area contributed by atoms with Gasteiger partial charge in [0.05, 0.1) is 4.90 Å². The van der Waals surface area contributed by atoms with Crippen LogP contribution >= 0.6 is 12.2 Å². The molecule has 0 bridgehead atoms. The minimum absolute atomic E-state index is 0.0685. The first-order chi connectivity index (χ1) is 11.9. The molecule has 0 heterocycles. The number of rotatable bonds is 4. The molecule has 25 heavy (non-hydrogen) atoms. The van der Waals surface area contributed by atoms with Crippen molar-refractivity contribution < 1.29 is 8.42 Å². The summed E-state index contributed by atoms with van der Waals surface area (Å²) in [5.74, 6) is 0. The molecule has 0 aliphatic heterocycles. The highest BCUT2D eigenvalue weighted by molar-refractivity contribution is 7.89. The maximum atomic E-state index is 11.3. The molecule has 4 nitrogen and oxygen atoms in total.